The van der Waals surface area contributed by atoms with Gasteiger partial charge in [0.2, 0.25) is 5.91 Å². The summed E-state index contributed by atoms with van der Waals surface area (Å²) in [6.45, 7) is 2.80. The zero-order valence-electron chi connectivity index (χ0n) is 19.5. The number of fused-ring (bicyclic) bond motifs is 1. The van der Waals surface area contributed by atoms with Gasteiger partial charge in [0, 0.05) is 36.5 Å². The number of aryl methyl sites for hydroxylation is 1. The number of H-pyrrole nitrogens is 1. The third-order valence-electron chi connectivity index (χ3n) is 6.69. The average Bonchev–Trinajstić information content (AvgIpc) is 3.62. The van der Waals surface area contributed by atoms with Gasteiger partial charge >= 0.3 is 0 Å². The lowest BCUT2D eigenvalue weighted by atomic mass is 10.0. The summed E-state index contributed by atoms with van der Waals surface area (Å²) in [5.74, 6) is -0.0192. The number of benzene rings is 1. The fourth-order valence-corrected chi connectivity index (χ4v) is 4.54. The molecule has 3 heterocycles. The van der Waals surface area contributed by atoms with E-state index in [9.17, 15) is 14.0 Å². The molecule has 10 heteroatoms. The summed E-state index contributed by atoms with van der Waals surface area (Å²) in [6.07, 6.45) is 4.85. The molecule has 0 spiro atoms. The van der Waals surface area contributed by atoms with Crippen molar-refractivity contribution in [3.05, 3.63) is 41.6 Å². The van der Waals surface area contributed by atoms with Crippen LogP contribution in [0.25, 0.3) is 22.3 Å². The molecular weight excluding hydrogens is 453 g/mol. The first-order chi connectivity index (χ1) is 16.9. The molecule has 3 aromatic rings. The van der Waals surface area contributed by atoms with Gasteiger partial charge in [0.1, 0.15) is 35.7 Å². The van der Waals surface area contributed by atoms with Gasteiger partial charge < -0.3 is 25.0 Å². The number of hydrogen-bond donors (Lipinski definition) is 3. The number of aliphatic hydroxyl groups excluding tert-OH is 1. The number of piperidine rings is 1. The zero-order valence-corrected chi connectivity index (χ0v) is 19.5. The summed E-state index contributed by atoms with van der Waals surface area (Å²) in [5, 5.41) is 12.1. The molecule has 2 fully saturated rings. The van der Waals surface area contributed by atoms with E-state index in [0.29, 0.717) is 77.8 Å². The predicted octanol–water partition coefficient (Wildman–Crippen LogP) is 2.57. The molecule has 0 unspecified atom stereocenters. The Balaban J connectivity index is 1.40. The molecule has 1 aliphatic heterocycles. The minimum absolute atomic E-state index is 0.0876. The molecule has 5 rings (SSSR count). The maximum Gasteiger partial charge on any atom is 0.255 e. The van der Waals surface area contributed by atoms with E-state index in [1.165, 1.54) is 18.5 Å². The monoisotopic (exact) mass is 481 g/mol. The molecular formula is C25H28FN5O4. The van der Waals surface area contributed by atoms with E-state index < -0.39 is 6.61 Å². The van der Waals surface area contributed by atoms with Crippen molar-refractivity contribution in [3.8, 4) is 17.0 Å². The zero-order chi connectivity index (χ0) is 24.5. The van der Waals surface area contributed by atoms with Gasteiger partial charge in [-0.3, -0.25) is 9.59 Å². The van der Waals surface area contributed by atoms with Crippen LogP contribution in [0.1, 0.15) is 41.7 Å². The number of nitrogens with one attached hydrogen (secondary N) is 2. The Morgan fingerprint density at radius 3 is 2.71 bits per heavy atom. The number of nitrogens with zero attached hydrogens (tertiary/aromatic N) is 3. The van der Waals surface area contributed by atoms with Crippen molar-refractivity contribution in [1.29, 1.82) is 0 Å². The molecule has 0 bridgehead atoms. The van der Waals surface area contributed by atoms with Gasteiger partial charge in [0.25, 0.3) is 5.91 Å². The van der Waals surface area contributed by atoms with E-state index in [-0.39, 0.29) is 23.7 Å². The number of hydrogen-bond acceptors (Lipinski definition) is 6. The van der Waals surface area contributed by atoms with Crippen molar-refractivity contribution in [1.82, 2.24) is 25.2 Å². The number of carbonyl (C=O) groups is 2. The molecule has 0 atom stereocenters. The molecule has 9 nitrogen and oxygen atoms in total. The fourth-order valence-electron chi connectivity index (χ4n) is 4.54. The lowest BCUT2D eigenvalue weighted by Crippen LogP contribution is -2.47. The second kappa shape index (κ2) is 9.61. The van der Waals surface area contributed by atoms with Crippen LogP contribution >= 0.6 is 0 Å². The highest BCUT2D eigenvalue weighted by Gasteiger charge is 2.27. The van der Waals surface area contributed by atoms with E-state index in [1.807, 2.05) is 0 Å². The van der Waals surface area contributed by atoms with Gasteiger partial charge in [-0.05, 0) is 50.7 Å². The van der Waals surface area contributed by atoms with Crippen molar-refractivity contribution < 1.29 is 23.8 Å². The average molecular weight is 482 g/mol. The number of aliphatic hydroxyl groups is 1. The Morgan fingerprint density at radius 1 is 1.23 bits per heavy atom. The smallest absolute Gasteiger partial charge is 0.255 e. The summed E-state index contributed by atoms with van der Waals surface area (Å²) < 4.78 is 19.9. The summed E-state index contributed by atoms with van der Waals surface area (Å²) >= 11 is 0. The van der Waals surface area contributed by atoms with Crippen LogP contribution in [0.15, 0.2) is 24.5 Å². The van der Waals surface area contributed by atoms with Crippen molar-refractivity contribution >= 4 is 22.8 Å². The number of ether oxygens (including phenoxy) is 1. The highest BCUT2D eigenvalue weighted by Crippen LogP contribution is 2.36. The third kappa shape index (κ3) is 4.84. The molecule has 2 aliphatic rings. The lowest BCUT2D eigenvalue weighted by Gasteiger charge is -2.32. The number of halogens is 1. The van der Waals surface area contributed by atoms with Crippen LogP contribution in [0.3, 0.4) is 0 Å². The predicted molar refractivity (Wildman–Crippen MR) is 126 cm³/mol. The van der Waals surface area contributed by atoms with Gasteiger partial charge in [-0.25, -0.2) is 14.4 Å². The Labute approximate surface area is 201 Å². The number of aromatic amines is 1. The molecule has 2 amide bonds. The first kappa shape index (κ1) is 23.2. The molecule has 1 saturated carbocycles. The molecule has 1 aromatic carbocycles. The van der Waals surface area contributed by atoms with E-state index in [2.05, 4.69) is 20.3 Å². The maximum absolute atomic E-state index is 14.0. The number of likely N-dealkylation sites (tertiary alicyclic amines) is 1. The van der Waals surface area contributed by atoms with Gasteiger partial charge in [-0.15, -0.1) is 0 Å². The van der Waals surface area contributed by atoms with Crippen LogP contribution in [0, 0.1) is 18.7 Å². The van der Waals surface area contributed by atoms with Crippen molar-refractivity contribution in [2.24, 2.45) is 5.92 Å². The second-order valence-electron chi connectivity index (χ2n) is 9.25. The van der Waals surface area contributed by atoms with Gasteiger partial charge in [-0.1, -0.05) is 0 Å². The van der Waals surface area contributed by atoms with Crippen LogP contribution in [0.4, 0.5) is 4.39 Å². The topological polar surface area (TPSA) is 120 Å². The molecule has 184 valence electrons. The first-order valence-electron chi connectivity index (χ1n) is 11.9. The Kier molecular flexibility index (Phi) is 6.38. The number of aromatic nitrogens is 3. The molecule has 0 radical (unpaired) electrons. The number of carbonyl (C=O) groups excluding carboxylic acids is 2. The summed E-state index contributed by atoms with van der Waals surface area (Å²) in [5.41, 5.74) is 3.32. The molecule has 1 aliphatic carbocycles. The lowest BCUT2D eigenvalue weighted by molar-refractivity contribution is -0.135. The highest BCUT2D eigenvalue weighted by molar-refractivity contribution is 6.09. The van der Waals surface area contributed by atoms with Crippen LogP contribution < -0.4 is 10.1 Å². The van der Waals surface area contributed by atoms with E-state index >= 15 is 0 Å². The number of amides is 2. The quantitative estimate of drug-likeness (QED) is 0.477. The largest absolute Gasteiger partial charge is 0.492 e. The molecule has 35 heavy (non-hydrogen) atoms. The summed E-state index contributed by atoms with van der Waals surface area (Å²) in [4.78, 5) is 38.6. The summed E-state index contributed by atoms with van der Waals surface area (Å²) in [7, 11) is 0. The van der Waals surface area contributed by atoms with Gasteiger partial charge in [0.05, 0.1) is 17.7 Å². The first-order valence-corrected chi connectivity index (χ1v) is 11.9. The van der Waals surface area contributed by atoms with Crippen LogP contribution in [0.5, 0.6) is 5.75 Å². The summed E-state index contributed by atoms with van der Waals surface area (Å²) in [6, 6.07) is 4.28. The van der Waals surface area contributed by atoms with Crippen molar-refractivity contribution in [2.75, 3.05) is 26.3 Å². The Hall–Kier alpha value is -3.53. The molecule has 3 N–H and O–H groups in total. The van der Waals surface area contributed by atoms with Crippen LogP contribution in [-0.2, 0) is 4.79 Å². The standard InChI is InChI=1S/C25H28FN5O4/c1-14-21(25(34)30-17-6-8-31(9-7-17)20(33)11-32)23-24(29-14)22(27-13-28-23)18-5-4-16(26)10-19(18)35-12-15-2-3-15/h4-5,10,13,15,17,29,32H,2-3,6-9,11-12H2,1H3,(H,30,34). The SMILES string of the molecule is Cc1[nH]c2c(-c3ccc(F)cc3OCC3CC3)ncnc2c1C(=O)NC1CCN(C(=O)CO)CC1. The Bertz CT molecular complexity index is 1260. The molecule has 1 saturated heterocycles. The minimum Gasteiger partial charge on any atom is -0.492 e. The van der Waals surface area contributed by atoms with Crippen LogP contribution in [0.2, 0.25) is 0 Å². The van der Waals surface area contributed by atoms with Crippen molar-refractivity contribution in [2.45, 2.75) is 38.6 Å². The van der Waals surface area contributed by atoms with E-state index in [0.717, 1.165) is 12.8 Å². The van der Waals surface area contributed by atoms with Crippen molar-refractivity contribution in [3.63, 3.8) is 0 Å². The molecule has 2 aromatic heterocycles. The third-order valence-corrected chi connectivity index (χ3v) is 6.69. The number of rotatable bonds is 7. The van der Waals surface area contributed by atoms with Crippen LogP contribution in [-0.4, -0.2) is 69.1 Å². The Morgan fingerprint density at radius 2 is 2.00 bits per heavy atom. The normalized spacial score (nSPS) is 16.5. The van der Waals surface area contributed by atoms with E-state index in [1.54, 1.807) is 17.9 Å². The maximum atomic E-state index is 14.0. The highest BCUT2D eigenvalue weighted by atomic mass is 19.1. The van der Waals surface area contributed by atoms with E-state index in [4.69, 9.17) is 9.84 Å². The minimum atomic E-state index is -0.505. The second-order valence-corrected chi connectivity index (χ2v) is 9.25. The van der Waals surface area contributed by atoms with Gasteiger partial charge in [-0.2, -0.15) is 0 Å². The fraction of sp³-hybridized carbons (Fsp3) is 0.440. The van der Waals surface area contributed by atoms with Gasteiger partial charge in [0.15, 0.2) is 0 Å².